The van der Waals surface area contributed by atoms with Gasteiger partial charge in [0, 0.05) is 23.7 Å². The third-order valence-electron chi connectivity index (χ3n) is 3.94. The molecule has 0 saturated heterocycles. The summed E-state index contributed by atoms with van der Waals surface area (Å²) < 4.78 is 10.6. The molecule has 0 fully saturated rings. The summed E-state index contributed by atoms with van der Waals surface area (Å²) in [5.74, 6) is 1.95. The maximum Gasteiger partial charge on any atom is 0.191 e. The summed E-state index contributed by atoms with van der Waals surface area (Å²) in [7, 11) is 3.21. The number of guanidine groups is 1. The fourth-order valence-electron chi connectivity index (χ4n) is 2.54. The Bertz CT molecular complexity index is 774. The third-order valence-corrected chi connectivity index (χ3v) is 4.28. The van der Waals surface area contributed by atoms with E-state index >= 15 is 0 Å². The number of methoxy groups -OCH3 is 2. The molecule has 0 heterocycles. The zero-order chi connectivity index (χ0) is 19.6. The smallest absolute Gasteiger partial charge is 0.191 e. The second kappa shape index (κ2) is 12.7. The molecule has 1 unspecified atom stereocenters. The maximum atomic E-state index is 10.4. The normalized spacial score (nSPS) is 12.0. The average molecular weight is 520 g/mol. The summed E-state index contributed by atoms with van der Waals surface area (Å²) in [6, 6.07) is 12.9. The van der Waals surface area contributed by atoms with Crippen LogP contribution < -0.4 is 20.1 Å². The predicted octanol–water partition coefficient (Wildman–Crippen LogP) is 3.76. The summed E-state index contributed by atoms with van der Waals surface area (Å²) in [5.41, 5.74) is 1.67. The summed E-state index contributed by atoms with van der Waals surface area (Å²) in [5, 5.41) is 17.2. The van der Waals surface area contributed by atoms with Gasteiger partial charge in [-0.3, -0.25) is 0 Å². The van der Waals surface area contributed by atoms with E-state index in [1.807, 2.05) is 43.3 Å². The average Bonchev–Trinajstić information content (AvgIpc) is 2.69. The molecule has 1 atom stereocenters. The van der Waals surface area contributed by atoms with Gasteiger partial charge in [0.05, 0.1) is 26.9 Å². The van der Waals surface area contributed by atoms with E-state index in [0.717, 1.165) is 5.56 Å². The monoisotopic (exact) mass is 519 g/mol. The molecule has 0 bridgehead atoms. The highest BCUT2D eigenvalue weighted by Crippen LogP contribution is 2.27. The molecule has 8 heteroatoms. The number of benzene rings is 2. The van der Waals surface area contributed by atoms with Crippen LogP contribution in [-0.4, -0.2) is 38.4 Å². The number of hydrogen-bond acceptors (Lipinski definition) is 4. The number of aliphatic hydroxyl groups excluding tert-OH is 1. The van der Waals surface area contributed by atoms with Crippen molar-refractivity contribution in [3.05, 3.63) is 58.6 Å². The fourth-order valence-corrected chi connectivity index (χ4v) is 2.80. The van der Waals surface area contributed by atoms with Crippen molar-refractivity contribution in [3.8, 4) is 11.5 Å². The topological polar surface area (TPSA) is 75.1 Å². The Morgan fingerprint density at radius 1 is 1.11 bits per heavy atom. The van der Waals surface area contributed by atoms with Crippen LogP contribution in [0.3, 0.4) is 0 Å². The Hall–Kier alpha value is -1.71. The van der Waals surface area contributed by atoms with Crippen molar-refractivity contribution in [2.24, 2.45) is 4.99 Å². The van der Waals surface area contributed by atoms with E-state index in [0.29, 0.717) is 47.7 Å². The highest BCUT2D eigenvalue weighted by atomic mass is 127. The second-order valence-electron chi connectivity index (χ2n) is 5.80. The molecule has 0 aliphatic carbocycles. The molecule has 2 rings (SSSR count). The zero-order valence-electron chi connectivity index (χ0n) is 16.2. The highest BCUT2D eigenvalue weighted by Gasteiger charge is 2.11. The molecule has 0 amide bonds. The van der Waals surface area contributed by atoms with Gasteiger partial charge in [-0.05, 0) is 30.7 Å². The number of hydrogen-bond donors (Lipinski definition) is 3. The Morgan fingerprint density at radius 3 is 2.46 bits per heavy atom. The van der Waals surface area contributed by atoms with Gasteiger partial charge in [-0.25, -0.2) is 4.99 Å². The first kappa shape index (κ1) is 24.3. The molecule has 2 aromatic rings. The molecule has 3 N–H and O–H groups in total. The van der Waals surface area contributed by atoms with Gasteiger partial charge < -0.3 is 25.2 Å². The van der Waals surface area contributed by atoms with Crippen LogP contribution in [0, 0.1) is 0 Å². The van der Waals surface area contributed by atoms with Crippen LogP contribution in [0.15, 0.2) is 47.5 Å². The van der Waals surface area contributed by atoms with Crippen molar-refractivity contribution in [2.75, 3.05) is 27.3 Å². The first-order chi connectivity index (χ1) is 13.1. The van der Waals surface area contributed by atoms with Crippen molar-refractivity contribution < 1.29 is 14.6 Å². The van der Waals surface area contributed by atoms with E-state index in [2.05, 4.69) is 15.6 Å². The van der Waals surface area contributed by atoms with Crippen LogP contribution in [0.4, 0.5) is 0 Å². The van der Waals surface area contributed by atoms with E-state index < -0.39 is 6.10 Å². The number of aliphatic hydroxyl groups is 1. The van der Waals surface area contributed by atoms with Crippen LogP contribution >= 0.6 is 35.6 Å². The van der Waals surface area contributed by atoms with Gasteiger partial charge in [0.15, 0.2) is 17.5 Å². The predicted molar refractivity (Wildman–Crippen MR) is 124 cm³/mol. The fraction of sp³-hybridized carbons (Fsp3) is 0.350. The van der Waals surface area contributed by atoms with Crippen molar-refractivity contribution in [2.45, 2.75) is 19.6 Å². The van der Waals surface area contributed by atoms with Crippen molar-refractivity contribution in [1.29, 1.82) is 0 Å². The summed E-state index contributed by atoms with van der Waals surface area (Å²) in [4.78, 5) is 4.56. The quantitative estimate of drug-likeness (QED) is 0.281. The summed E-state index contributed by atoms with van der Waals surface area (Å²) in [6.45, 7) is 3.44. The van der Waals surface area contributed by atoms with E-state index in [9.17, 15) is 5.11 Å². The maximum absolute atomic E-state index is 10.4. The minimum Gasteiger partial charge on any atom is -0.493 e. The van der Waals surface area contributed by atoms with Gasteiger partial charge in [0.2, 0.25) is 0 Å². The van der Waals surface area contributed by atoms with E-state index in [-0.39, 0.29) is 24.0 Å². The lowest BCUT2D eigenvalue weighted by atomic mass is 10.1. The Labute approximate surface area is 188 Å². The molecule has 0 spiro atoms. The van der Waals surface area contributed by atoms with Gasteiger partial charge in [0.1, 0.15) is 0 Å². The Morgan fingerprint density at radius 2 is 1.82 bits per heavy atom. The lowest BCUT2D eigenvalue weighted by Gasteiger charge is -2.16. The van der Waals surface area contributed by atoms with Crippen LogP contribution in [0.1, 0.15) is 24.2 Å². The number of nitrogens with one attached hydrogen (secondary N) is 2. The van der Waals surface area contributed by atoms with E-state index in [1.54, 1.807) is 20.3 Å². The molecule has 154 valence electrons. The molecule has 0 aliphatic rings. The van der Waals surface area contributed by atoms with Gasteiger partial charge in [-0.15, -0.1) is 24.0 Å². The van der Waals surface area contributed by atoms with E-state index in [1.165, 1.54) is 0 Å². The number of ether oxygens (including phenoxy) is 2. The minimum atomic E-state index is -0.733. The van der Waals surface area contributed by atoms with Crippen LogP contribution in [0.25, 0.3) is 0 Å². The lowest BCUT2D eigenvalue weighted by molar-refractivity contribution is 0.181. The molecule has 0 radical (unpaired) electrons. The molecule has 2 aromatic carbocycles. The highest BCUT2D eigenvalue weighted by molar-refractivity contribution is 14.0. The largest absolute Gasteiger partial charge is 0.493 e. The Balaban J connectivity index is 0.00000392. The number of rotatable bonds is 8. The van der Waals surface area contributed by atoms with E-state index in [4.69, 9.17) is 21.1 Å². The van der Waals surface area contributed by atoms with Gasteiger partial charge >= 0.3 is 0 Å². The summed E-state index contributed by atoms with van der Waals surface area (Å²) in [6.07, 6.45) is -0.733. The second-order valence-corrected chi connectivity index (χ2v) is 6.21. The SMILES string of the molecule is CCNC(=NCc1ccc(OC)c(OC)c1)NCC(O)c1ccccc1Cl.I. The molecular weight excluding hydrogens is 493 g/mol. The first-order valence-corrected chi connectivity index (χ1v) is 9.12. The molecule has 0 aromatic heterocycles. The molecular formula is C20H27ClIN3O3. The van der Waals surface area contributed by atoms with Crippen LogP contribution in [0.5, 0.6) is 11.5 Å². The molecule has 28 heavy (non-hydrogen) atoms. The molecule has 0 saturated carbocycles. The number of nitrogens with zero attached hydrogens (tertiary/aromatic N) is 1. The van der Waals surface area contributed by atoms with Gasteiger partial charge in [-0.2, -0.15) is 0 Å². The van der Waals surface area contributed by atoms with Crippen molar-refractivity contribution in [3.63, 3.8) is 0 Å². The zero-order valence-corrected chi connectivity index (χ0v) is 19.3. The van der Waals surface area contributed by atoms with Crippen molar-refractivity contribution in [1.82, 2.24) is 10.6 Å². The number of aliphatic imine (C=N–C) groups is 1. The standard InChI is InChI=1S/C20H26ClN3O3.HI/c1-4-22-20(24-13-17(25)15-7-5-6-8-16(15)21)23-12-14-9-10-18(26-2)19(11-14)27-3;/h5-11,17,25H,4,12-13H2,1-3H3,(H2,22,23,24);1H. The minimum absolute atomic E-state index is 0. The lowest BCUT2D eigenvalue weighted by Crippen LogP contribution is -2.39. The Kier molecular flexibility index (Phi) is 11.0. The van der Waals surface area contributed by atoms with Crippen molar-refractivity contribution >= 4 is 41.5 Å². The van der Waals surface area contributed by atoms with Crippen LogP contribution in [0.2, 0.25) is 5.02 Å². The van der Waals surface area contributed by atoms with Gasteiger partial charge in [-0.1, -0.05) is 35.9 Å². The van der Waals surface area contributed by atoms with Gasteiger partial charge in [0.25, 0.3) is 0 Å². The molecule has 0 aliphatic heterocycles. The molecule has 6 nitrogen and oxygen atoms in total. The first-order valence-electron chi connectivity index (χ1n) is 8.74. The third kappa shape index (κ3) is 7.03. The van der Waals surface area contributed by atoms with Crippen LogP contribution in [-0.2, 0) is 6.54 Å². The summed E-state index contributed by atoms with van der Waals surface area (Å²) >= 11 is 6.13. The number of halogens is 2.